The summed E-state index contributed by atoms with van der Waals surface area (Å²) in [5, 5.41) is 9.46. The van der Waals surface area contributed by atoms with E-state index in [4.69, 9.17) is 16.7 Å². The van der Waals surface area contributed by atoms with Gasteiger partial charge in [0.2, 0.25) is 0 Å². The van der Waals surface area contributed by atoms with Crippen LogP contribution in [0, 0.1) is 5.92 Å². The zero-order chi connectivity index (χ0) is 9.14. The summed E-state index contributed by atoms with van der Waals surface area (Å²) in [5.41, 5.74) is 0.924. The van der Waals surface area contributed by atoms with Crippen LogP contribution in [-0.2, 0) is 6.42 Å². The monoisotopic (exact) mass is 185 g/mol. The van der Waals surface area contributed by atoms with Crippen LogP contribution in [0.15, 0.2) is 12.3 Å². The SMILES string of the molecule is CC(C)Cc1cc(Cl)c(O)cn1. The molecule has 0 aliphatic carbocycles. The lowest BCUT2D eigenvalue weighted by molar-refractivity contribution is 0.471. The molecule has 0 unspecified atom stereocenters. The van der Waals surface area contributed by atoms with E-state index in [-0.39, 0.29) is 5.75 Å². The van der Waals surface area contributed by atoms with Crippen LogP contribution in [0.25, 0.3) is 0 Å². The minimum absolute atomic E-state index is 0.0455. The van der Waals surface area contributed by atoms with Crippen LogP contribution in [0.1, 0.15) is 19.5 Å². The van der Waals surface area contributed by atoms with Crippen LogP contribution in [0.4, 0.5) is 0 Å². The van der Waals surface area contributed by atoms with Crippen molar-refractivity contribution in [3.63, 3.8) is 0 Å². The highest BCUT2D eigenvalue weighted by atomic mass is 35.5. The van der Waals surface area contributed by atoms with Gasteiger partial charge < -0.3 is 5.11 Å². The molecular formula is C9H12ClNO. The number of hydrogen-bond acceptors (Lipinski definition) is 2. The molecule has 2 nitrogen and oxygen atoms in total. The smallest absolute Gasteiger partial charge is 0.152 e. The third-order valence-electron chi connectivity index (χ3n) is 1.51. The van der Waals surface area contributed by atoms with Crippen molar-refractivity contribution in [2.75, 3.05) is 0 Å². The Morgan fingerprint density at radius 3 is 2.75 bits per heavy atom. The quantitative estimate of drug-likeness (QED) is 0.769. The highest BCUT2D eigenvalue weighted by Crippen LogP contribution is 2.22. The Morgan fingerprint density at radius 1 is 1.58 bits per heavy atom. The molecule has 3 heteroatoms. The summed E-state index contributed by atoms with van der Waals surface area (Å²) in [7, 11) is 0. The van der Waals surface area contributed by atoms with E-state index in [9.17, 15) is 0 Å². The third kappa shape index (κ3) is 2.38. The van der Waals surface area contributed by atoms with Crippen molar-refractivity contribution in [2.24, 2.45) is 5.92 Å². The molecule has 0 aliphatic rings. The molecule has 0 saturated carbocycles. The molecular weight excluding hydrogens is 174 g/mol. The fourth-order valence-corrected chi connectivity index (χ4v) is 1.17. The van der Waals surface area contributed by atoms with Gasteiger partial charge in [-0.15, -0.1) is 0 Å². The van der Waals surface area contributed by atoms with Gasteiger partial charge >= 0.3 is 0 Å². The third-order valence-corrected chi connectivity index (χ3v) is 1.81. The zero-order valence-corrected chi connectivity index (χ0v) is 7.97. The van der Waals surface area contributed by atoms with Crippen LogP contribution in [0.5, 0.6) is 5.75 Å². The van der Waals surface area contributed by atoms with Gasteiger partial charge in [0.25, 0.3) is 0 Å². The fraction of sp³-hybridized carbons (Fsp3) is 0.444. The first-order valence-corrected chi connectivity index (χ1v) is 4.30. The fourth-order valence-electron chi connectivity index (χ4n) is 0.993. The molecule has 0 amide bonds. The lowest BCUT2D eigenvalue weighted by Gasteiger charge is -2.04. The maximum Gasteiger partial charge on any atom is 0.152 e. The first-order chi connectivity index (χ1) is 5.59. The molecule has 0 atom stereocenters. The van der Waals surface area contributed by atoms with Gasteiger partial charge in [-0.05, 0) is 18.4 Å². The highest BCUT2D eigenvalue weighted by Gasteiger charge is 2.02. The molecule has 0 bridgehead atoms. The Morgan fingerprint density at radius 2 is 2.25 bits per heavy atom. The second-order valence-corrected chi connectivity index (χ2v) is 3.63. The second kappa shape index (κ2) is 3.76. The first-order valence-electron chi connectivity index (χ1n) is 3.93. The molecule has 1 aromatic heterocycles. The summed E-state index contributed by atoms with van der Waals surface area (Å²) >= 11 is 5.71. The molecule has 1 rings (SSSR count). The van der Waals surface area contributed by atoms with Crippen LogP contribution in [-0.4, -0.2) is 10.1 Å². The van der Waals surface area contributed by atoms with Crippen molar-refractivity contribution in [2.45, 2.75) is 20.3 Å². The predicted octanol–water partition coefficient (Wildman–Crippen LogP) is 2.64. The van der Waals surface area contributed by atoms with Gasteiger partial charge in [-0.25, -0.2) is 0 Å². The summed E-state index contributed by atoms with van der Waals surface area (Å²) in [4.78, 5) is 4.04. The summed E-state index contributed by atoms with van der Waals surface area (Å²) in [6.07, 6.45) is 2.28. The van der Waals surface area contributed by atoms with E-state index in [0.717, 1.165) is 12.1 Å². The lowest BCUT2D eigenvalue weighted by Crippen LogP contribution is -1.96. The Hall–Kier alpha value is -0.760. The van der Waals surface area contributed by atoms with E-state index in [1.54, 1.807) is 6.07 Å². The molecule has 0 spiro atoms. The van der Waals surface area contributed by atoms with Crippen molar-refractivity contribution >= 4 is 11.6 Å². The number of aromatic hydroxyl groups is 1. The number of pyridine rings is 1. The van der Waals surface area contributed by atoms with Gasteiger partial charge in [-0.3, -0.25) is 4.98 Å². The molecule has 1 aromatic rings. The van der Waals surface area contributed by atoms with Crippen molar-refractivity contribution < 1.29 is 5.11 Å². The van der Waals surface area contributed by atoms with E-state index in [1.165, 1.54) is 6.20 Å². The molecule has 0 saturated heterocycles. The summed E-state index contributed by atoms with van der Waals surface area (Å²) in [6.45, 7) is 4.23. The Labute approximate surface area is 77.2 Å². The summed E-state index contributed by atoms with van der Waals surface area (Å²) in [6, 6.07) is 1.71. The Kier molecular flexibility index (Phi) is 2.93. The molecule has 0 aliphatic heterocycles. The number of aromatic nitrogens is 1. The van der Waals surface area contributed by atoms with Gasteiger partial charge in [0.15, 0.2) is 5.75 Å². The van der Waals surface area contributed by atoms with Crippen molar-refractivity contribution in [1.82, 2.24) is 4.98 Å². The van der Waals surface area contributed by atoms with Gasteiger partial charge in [0.05, 0.1) is 11.2 Å². The molecule has 12 heavy (non-hydrogen) atoms. The minimum Gasteiger partial charge on any atom is -0.505 e. The van der Waals surface area contributed by atoms with Crippen LogP contribution >= 0.6 is 11.6 Å². The Bertz CT molecular complexity index is 273. The molecule has 1 heterocycles. The number of rotatable bonds is 2. The zero-order valence-electron chi connectivity index (χ0n) is 7.21. The van der Waals surface area contributed by atoms with Crippen molar-refractivity contribution in [1.29, 1.82) is 0 Å². The normalized spacial score (nSPS) is 10.7. The molecule has 0 radical (unpaired) electrons. The van der Waals surface area contributed by atoms with Crippen molar-refractivity contribution in [3.05, 3.63) is 23.0 Å². The standard InChI is InChI=1S/C9H12ClNO/c1-6(2)3-7-4-8(10)9(12)5-11-7/h4-6,12H,3H2,1-2H3. The van der Waals surface area contributed by atoms with Gasteiger partial charge in [0, 0.05) is 5.69 Å². The number of nitrogens with zero attached hydrogens (tertiary/aromatic N) is 1. The van der Waals surface area contributed by atoms with Crippen LogP contribution in [0.3, 0.4) is 0 Å². The van der Waals surface area contributed by atoms with Crippen LogP contribution < -0.4 is 0 Å². The average molecular weight is 186 g/mol. The average Bonchev–Trinajstić information content (AvgIpc) is 1.96. The minimum atomic E-state index is 0.0455. The summed E-state index contributed by atoms with van der Waals surface area (Å²) in [5.74, 6) is 0.599. The van der Waals surface area contributed by atoms with Gasteiger partial charge in [0.1, 0.15) is 0 Å². The number of halogens is 1. The number of hydrogen-bond donors (Lipinski definition) is 1. The predicted molar refractivity (Wildman–Crippen MR) is 49.5 cm³/mol. The maximum absolute atomic E-state index is 9.08. The largest absolute Gasteiger partial charge is 0.505 e. The molecule has 0 aromatic carbocycles. The van der Waals surface area contributed by atoms with Crippen LogP contribution in [0.2, 0.25) is 5.02 Å². The molecule has 0 fully saturated rings. The Balaban J connectivity index is 2.82. The van der Waals surface area contributed by atoms with Crippen molar-refractivity contribution in [3.8, 4) is 5.75 Å². The van der Waals surface area contributed by atoms with E-state index >= 15 is 0 Å². The molecule has 1 N–H and O–H groups in total. The van der Waals surface area contributed by atoms with Gasteiger partial charge in [-0.2, -0.15) is 0 Å². The highest BCUT2D eigenvalue weighted by molar-refractivity contribution is 6.31. The van der Waals surface area contributed by atoms with E-state index in [1.807, 2.05) is 0 Å². The maximum atomic E-state index is 9.08. The van der Waals surface area contributed by atoms with E-state index in [2.05, 4.69) is 18.8 Å². The van der Waals surface area contributed by atoms with E-state index < -0.39 is 0 Å². The molecule has 66 valence electrons. The van der Waals surface area contributed by atoms with E-state index in [0.29, 0.717) is 10.9 Å². The topological polar surface area (TPSA) is 33.1 Å². The lowest BCUT2D eigenvalue weighted by atomic mass is 10.1. The first kappa shape index (κ1) is 9.33. The summed E-state index contributed by atoms with van der Waals surface area (Å²) < 4.78 is 0. The van der Waals surface area contributed by atoms with Gasteiger partial charge in [-0.1, -0.05) is 25.4 Å². The second-order valence-electron chi connectivity index (χ2n) is 3.23.